The first-order valence-corrected chi connectivity index (χ1v) is 10.8. The third kappa shape index (κ3) is 6.95. The number of thiophene rings is 1. The van der Waals surface area contributed by atoms with E-state index >= 15 is 0 Å². The summed E-state index contributed by atoms with van der Waals surface area (Å²) in [6.45, 7) is 5.75. The third-order valence-electron chi connectivity index (χ3n) is 4.91. The molecule has 1 aliphatic rings. The number of nitrogens with one attached hydrogen (secondary N) is 2. The van der Waals surface area contributed by atoms with Crippen molar-refractivity contribution in [1.29, 1.82) is 0 Å². The molecule has 0 aliphatic carbocycles. The molecule has 1 saturated heterocycles. The van der Waals surface area contributed by atoms with Crippen LogP contribution in [0.5, 0.6) is 11.5 Å². The zero-order valence-electron chi connectivity index (χ0n) is 17.1. The van der Waals surface area contributed by atoms with Crippen LogP contribution in [-0.2, 0) is 6.42 Å². The summed E-state index contributed by atoms with van der Waals surface area (Å²) in [5, 5.41) is 20.1. The summed E-state index contributed by atoms with van der Waals surface area (Å²) in [6, 6.07) is 10.2. The molecular formula is C21H31IN4O2S. The molecule has 1 aromatic carbocycles. The number of phenolic OH excluding ortho intramolecular Hbond substituents is 1. The van der Waals surface area contributed by atoms with Crippen molar-refractivity contribution in [3.8, 4) is 11.5 Å². The number of methoxy groups -OCH3 is 1. The van der Waals surface area contributed by atoms with Crippen molar-refractivity contribution in [2.45, 2.75) is 32.2 Å². The third-order valence-corrected chi connectivity index (χ3v) is 5.84. The van der Waals surface area contributed by atoms with Gasteiger partial charge in [-0.15, -0.1) is 35.3 Å². The summed E-state index contributed by atoms with van der Waals surface area (Å²) < 4.78 is 5.17. The lowest BCUT2D eigenvalue weighted by Gasteiger charge is -2.33. The van der Waals surface area contributed by atoms with Crippen LogP contribution in [0.2, 0.25) is 0 Å². The zero-order chi connectivity index (χ0) is 19.8. The quantitative estimate of drug-likeness (QED) is 0.288. The standard InChI is InChI=1S/C21H30N4O2S.HI/c1-3-22-21(23-11-8-16-6-7-18(26)19(15-16)27-2)24-17-9-12-25(13-10-17)20-5-4-14-28-20;/h4-7,14-15,17,26H,3,8-13H2,1-2H3,(H2,22,23,24);1H. The summed E-state index contributed by atoms with van der Waals surface area (Å²) in [6.07, 6.45) is 3.01. The molecule has 1 fully saturated rings. The maximum absolute atomic E-state index is 9.70. The molecule has 0 unspecified atom stereocenters. The number of benzene rings is 1. The highest BCUT2D eigenvalue weighted by molar-refractivity contribution is 14.0. The van der Waals surface area contributed by atoms with Gasteiger partial charge in [-0.3, -0.25) is 4.99 Å². The predicted octanol–water partition coefficient (Wildman–Crippen LogP) is 3.85. The van der Waals surface area contributed by atoms with E-state index < -0.39 is 0 Å². The normalized spacial score (nSPS) is 15.0. The largest absolute Gasteiger partial charge is 0.504 e. The maximum Gasteiger partial charge on any atom is 0.191 e. The molecule has 0 atom stereocenters. The first kappa shape index (κ1) is 23.6. The first-order chi connectivity index (χ1) is 13.7. The summed E-state index contributed by atoms with van der Waals surface area (Å²) in [7, 11) is 1.56. The molecule has 29 heavy (non-hydrogen) atoms. The van der Waals surface area contributed by atoms with Gasteiger partial charge in [0, 0.05) is 32.2 Å². The van der Waals surface area contributed by atoms with Crippen molar-refractivity contribution in [2.24, 2.45) is 4.99 Å². The average Bonchev–Trinajstić information content (AvgIpc) is 3.25. The SMILES string of the molecule is CCNC(=NCCc1ccc(O)c(OC)c1)NC1CCN(c2cccs2)CC1.I. The molecule has 8 heteroatoms. The van der Waals surface area contributed by atoms with E-state index in [0.29, 0.717) is 18.3 Å². The molecule has 0 saturated carbocycles. The van der Waals surface area contributed by atoms with Crippen LogP contribution in [0.4, 0.5) is 5.00 Å². The van der Waals surface area contributed by atoms with Crippen LogP contribution in [0, 0.1) is 0 Å². The number of rotatable bonds is 7. The van der Waals surface area contributed by atoms with Gasteiger partial charge < -0.3 is 25.4 Å². The van der Waals surface area contributed by atoms with Gasteiger partial charge in [-0.2, -0.15) is 0 Å². The van der Waals surface area contributed by atoms with Gasteiger partial charge in [-0.1, -0.05) is 6.07 Å². The molecule has 6 nitrogen and oxygen atoms in total. The number of phenols is 1. The van der Waals surface area contributed by atoms with Gasteiger partial charge in [-0.25, -0.2) is 0 Å². The molecule has 160 valence electrons. The second kappa shape index (κ2) is 12.1. The van der Waals surface area contributed by atoms with Gasteiger partial charge in [0.25, 0.3) is 0 Å². The van der Waals surface area contributed by atoms with E-state index in [1.807, 2.05) is 23.5 Å². The molecule has 3 rings (SSSR count). The number of guanidine groups is 1. The fourth-order valence-electron chi connectivity index (χ4n) is 3.38. The van der Waals surface area contributed by atoms with E-state index in [0.717, 1.165) is 50.4 Å². The number of halogens is 1. The Morgan fingerprint density at radius 1 is 1.31 bits per heavy atom. The van der Waals surface area contributed by atoms with E-state index in [4.69, 9.17) is 9.73 Å². The minimum absolute atomic E-state index is 0. The Bertz CT molecular complexity index is 762. The summed E-state index contributed by atoms with van der Waals surface area (Å²) in [4.78, 5) is 7.19. The van der Waals surface area contributed by atoms with Gasteiger partial charge in [0.2, 0.25) is 0 Å². The van der Waals surface area contributed by atoms with Crippen LogP contribution in [0.25, 0.3) is 0 Å². The Balaban J connectivity index is 0.00000300. The van der Waals surface area contributed by atoms with Gasteiger partial charge in [0.1, 0.15) is 0 Å². The maximum atomic E-state index is 9.70. The van der Waals surface area contributed by atoms with Gasteiger partial charge in [-0.05, 0) is 61.4 Å². The summed E-state index contributed by atoms with van der Waals surface area (Å²) in [5.74, 6) is 1.55. The topological polar surface area (TPSA) is 69.1 Å². The van der Waals surface area contributed by atoms with E-state index in [9.17, 15) is 5.11 Å². The second-order valence-corrected chi connectivity index (χ2v) is 7.80. The molecule has 2 heterocycles. The molecule has 0 radical (unpaired) electrons. The van der Waals surface area contributed by atoms with Crippen molar-refractivity contribution >= 4 is 46.3 Å². The lowest BCUT2D eigenvalue weighted by molar-refractivity contribution is 0.373. The Kier molecular flexibility index (Phi) is 9.86. The fraction of sp³-hybridized carbons (Fsp3) is 0.476. The highest BCUT2D eigenvalue weighted by Gasteiger charge is 2.20. The smallest absolute Gasteiger partial charge is 0.191 e. The van der Waals surface area contributed by atoms with Crippen molar-refractivity contribution in [3.05, 3.63) is 41.3 Å². The monoisotopic (exact) mass is 530 g/mol. The first-order valence-electron chi connectivity index (χ1n) is 9.88. The Morgan fingerprint density at radius 2 is 2.10 bits per heavy atom. The van der Waals surface area contributed by atoms with Gasteiger partial charge in [0.05, 0.1) is 12.1 Å². The Morgan fingerprint density at radius 3 is 2.76 bits per heavy atom. The molecule has 0 spiro atoms. The molecule has 2 aromatic rings. The van der Waals surface area contributed by atoms with Crippen molar-refractivity contribution < 1.29 is 9.84 Å². The van der Waals surface area contributed by atoms with Crippen molar-refractivity contribution in [1.82, 2.24) is 10.6 Å². The number of nitrogens with zero attached hydrogens (tertiary/aromatic N) is 2. The predicted molar refractivity (Wildman–Crippen MR) is 132 cm³/mol. The highest BCUT2D eigenvalue weighted by Crippen LogP contribution is 2.26. The number of hydrogen-bond acceptors (Lipinski definition) is 5. The summed E-state index contributed by atoms with van der Waals surface area (Å²) >= 11 is 1.81. The van der Waals surface area contributed by atoms with Crippen LogP contribution in [-0.4, -0.2) is 50.4 Å². The Labute approximate surface area is 194 Å². The Hall–Kier alpha value is -1.68. The minimum atomic E-state index is 0. The number of piperidine rings is 1. The van der Waals surface area contributed by atoms with Crippen LogP contribution in [0.15, 0.2) is 40.7 Å². The van der Waals surface area contributed by atoms with Crippen LogP contribution in [0.3, 0.4) is 0 Å². The van der Waals surface area contributed by atoms with Crippen LogP contribution in [0.1, 0.15) is 25.3 Å². The molecule has 3 N–H and O–H groups in total. The zero-order valence-corrected chi connectivity index (χ0v) is 20.2. The molecule has 0 amide bonds. The summed E-state index contributed by atoms with van der Waals surface area (Å²) in [5.41, 5.74) is 1.10. The number of aromatic hydroxyl groups is 1. The molecule has 0 bridgehead atoms. The fourth-order valence-corrected chi connectivity index (χ4v) is 4.17. The minimum Gasteiger partial charge on any atom is -0.504 e. The molecule has 1 aromatic heterocycles. The average molecular weight is 530 g/mol. The van der Waals surface area contributed by atoms with E-state index in [1.54, 1.807) is 13.2 Å². The number of anilines is 1. The van der Waals surface area contributed by atoms with E-state index in [-0.39, 0.29) is 29.7 Å². The number of hydrogen-bond donors (Lipinski definition) is 3. The lowest BCUT2D eigenvalue weighted by Crippen LogP contribution is -2.48. The van der Waals surface area contributed by atoms with E-state index in [2.05, 4.69) is 40.0 Å². The van der Waals surface area contributed by atoms with Gasteiger partial charge >= 0.3 is 0 Å². The molecular weight excluding hydrogens is 499 g/mol. The van der Waals surface area contributed by atoms with E-state index in [1.165, 1.54) is 5.00 Å². The van der Waals surface area contributed by atoms with Crippen LogP contribution < -0.4 is 20.3 Å². The van der Waals surface area contributed by atoms with Gasteiger partial charge in [0.15, 0.2) is 17.5 Å². The lowest BCUT2D eigenvalue weighted by atomic mass is 10.1. The highest BCUT2D eigenvalue weighted by atomic mass is 127. The molecule has 1 aliphatic heterocycles. The number of aliphatic imine (C=N–C) groups is 1. The second-order valence-electron chi connectivity index (χ2n) is 6.87. The van der Waals surface area contributed by atoms with Crippen LogP contribution >= 0.6 is 35.3 Å². The number of ether oxygens (including phenoxy) is 1. The van der Waals surface area contributed by atoms with Crippen molar-refractivity contribution in [2.75, 3.05) is 38.2 Å². The van der Waals surface area contributed by atoms with Crippen molar-refractivity contribution in [3.63, 3.8) is 0 Å².